The minimum absolute atomic E-state index is 0.220. The van der Waals surface area contributed by atoms with Crippen molar-refractivity contribution in [3.8, 4) is 0 Å². The molecule has 0 radical (unpaired) electrons. The highest BCUT2D eigenvalue weighted by Crippen LogP contribution is 2.23. The molecular weight excluding hydrogens is 312 g/mol. The molecule has 0 heterocycles. The van der Waals surface area contributed by atoms with Gasteiger partial charge in [-0.2, -0.15) is 0 Å². The molecule has 0 spiro atoms. The predicted molar refractivity (Wildman–Crippen MR) is 85.8 cm³/mol. The van der Waals surface area contributed by atoms with Gasteiger partial charge in [0.25, 0.3) is 5.91 Å². The molecule has 0 aliphatic heterocycles. The molecule has 0 fully saturated rings. The van der Waals surface area contributed by atoms with Crippen LogP contribution in [-0.4, -0.2) is 23.2 Å². The standard InChI is InChI=1S/C16H16Cl2FNO/c1-2-16(9-17,10-18)20-15(21)13-7-8-14(19)12-6-4-3-5-11(12)13/h3-8H,2,9-10H2,1H3,(H,20,21). The topological polar surface area (TPSA) is 29.1 Å². The molecule has 1 amide bonds. The van der Waals surface area contributed by atoms with Gasteiger partial charge in [-0.25, -0.2) is 4.39 Å². The summed E-state index contributed by atoms with van der Waals surface area (Å²) in [7, 11) is 0. The summed E-state index contributed by atoms with van der Waals surface area (Å²) in [5.41, 5.74) is -0.240. The zero-order valence-corrected chi connectivity index (χ0v) is 13.1. The van der Waals surface area contributed by atoms with Gasteiger partial charge in [0, 0.05) is 22.7 Å². The highest BCUT2D eigenvalue weighted by molar-refractivity contribution is 6.22. The molecule has 2 aromatic carbocycles. The van der Waals surface area contributed by atoms with Gasteiger partial charge in [0.2, 0.25) is 0 Å². The van der Waals surface area contributed by atoms with E-state index in [9.17, 15) is 9.18 Å². The molecule has 0 saturated heterocycles. The van der Waals surface area contributed by atoms with E-state index in [1.807, 2.05) is 6.92 Å². The van der Waals surface area contributed by atoms with Crippen molar-refractivity contribution in [3.63, 3.8) is 0 Å². The molecular formula is C16H16Cl2FNO. The van der Waals surface area contributed by atoms with Gasteiger partial charge in [-0.05, 0) is 23.9 Å². The second-order valence-electron chi connectivity index (χ2n) is 5.00. The third-order valence-electron chi connectivity index (χ3n) is 3.68. The van der Waals surface area contributed by atoms with Crippen LogP contribution in [0, 0.1) is 5.82 Å². The molecule has 5 heteroatoms. The van der Waals surface area contributed by atoms with Crippen molar-refractivity contribution in [2.75, 3.05) is 11.8 Å². The first kappa shape index (κ1) is 16.1. The fraction of sp³-hybridized carbons (Fsp3) is 0.312. The summed E-state index contributed by atoms with van der Waals surface area (Å²) in [6.07, 6.45) is 0.616. The fourth-order valence-electron chi connectivity index (χ4n) is 2.15. The summed E-state index contributed by atoms with van der Waals surface area (Å²) in [6.45, 7) is 1.91. The summed E-state index contributed by atoms with van der Waals surface area (Å²) >= 11 is 11.9. The Labute approximate surface area is 133 Å². The van der Waals surface area contributed by atoms with Crippen LogP contribution >= 0.6 is 23.2 Å². The number of benzene rings is 2. The van der Waals surface area contributed by atoms with Crippen molar-refractivity contribution >= 4 is 39.9 Å². The normalized spacial score (nSPS) is 11.6. The zero-order valence-electron chi connectivity index (χ0n) is 11.6. The number of amides is 1. The van der Waals surface area contributed by atoms with Gasteiger partial charge in [0.05, 0.1) is 5.54 Å². The van der Waals surface area contributed by atoms with Crippen molar-refractivity contribution in [2.45, 2.75) is 18.9 Å². The number of rotatable bonds is 5. The number of carbonyl (C=O) groups excluding carboxylic acids is 1. The van der Waals surface area contributed by atoms with Crippen LogP contribution in [0.15, 0.2) is 36.4 Å². The summed E-state index contributed by atoms with van der Waals surface area (Å²) < 4.78 is 13.8. The number of carbonyl (C=O) groups is 1. The van der Waals surface area contributed by atoms with Gasteiger partial charge in [0.1, 0.15) is 5.82 Å². The molecule has 0 saturated carbocycles. The van der Waals surface area contributed by atoms with Crippen LogP contribution in [-0.2, 0) is 0 Å². The molecule has 112 valence electrons. The second-order valence-corrected chi connectivity index (χ2v) is 5.53. The number of alkyl halides is 2. The molecule has 0 aliphatic rings. The summed E-state index contributed by atoms with van der Waals surface area (Å²) in [4.78, 5) is 12.5. The number of hydrogen-bond donors (Lipinski definition) is 1. The van der Waals surface area contributed by atoms with Crippen molar-refractivity contribution in [1.82, 2.24) is 5.32 Å². The maximum Gasteiger partial charge on any atom is 0.252 e. The molecule has 2 rings (SSSR count). The molecule has 0 aromatic heterocycles. The maximum atomic E-state index is 13.8. The monoisotopic (exact) mass is 327 g/mol. The summed E-state index contributed by atoms with van der Waals surface area (Å²) in [6, 6.07) is 9.66. The lowest BCUT2D eigenvalue weighted by molar-refractivity contribution is 0.0915. The van der Waals surface area contributed by atoms with Gasteiger partial charge in [-0.3, -0.25) is 4.79 Å². The highest BCUT2D eigenvalue weighted by Gasteiger charge is 2.29. The minimum Gasteiger partial charge on any atom is -0.344 e. The van der Waals surface area contributed by atoms with Crippen LogP contribution in [0.1, 0.15) is 23.7 Å². The third-order valence-corrected chi connectivity index (χ3v) is 4.71. The number of hydrogen-bond acceptors (Lipinski definition) is 1. The summed E-state index contributed by atoms with van der Waals surface area (Å²) in [5.74, 6) is -0.205. The lowest BCUT2D eigenvalue weighted by Crippen LogP contribution is -2.51. The second kappa shape index (κ2) is 6.63. The lowest BCUT2D eigenvalue weighted by Gasteiger charge is -2.29. The van der Waals surface area contributed by atoms with E-state index in [0.29, 0.717) is 22.8 Å². The van der Waals surface area contributed by atoms with E-state index in [2.05, 4.69) is 5.32 Å². The van der Waals surface area contributed by atoms with E-state index >= 15 is 0 Å². The molecule has 0 bridgehead atoms. The Kier molecular flexibility index (Phi) is 5.07. The lowest BCUT2D eigenvalue weighted by atomic mass is 9.98. The van der Waals surface area contributed by atoms with Crippen LogP contribution in [0.5, 0.6) is 0 Å². The Morgan fingerprint density at radius 2 is 1.76 bits per heavy atom. The van der Waals surface area contributed by atoms with E-state index in [-0.39, 0.29) is 23.5 Å². The Morgan fingerprint density at radius 3 is 2.33 bits per heavy atom. The van der Waals surface area contributed by atoms with Crippen LogP contribution in [0.25, 0.3) is 10.8 Å². The maximum absolute atomic E-state index is 13.8. The Bertz CT molecular complexity index is 648. The van der Waals surface area contributed by atoms with Crippen molar-refractivity contribution in [1.29, 1.82) is 0 Å². The Morgan fingerprint density at radius 1 is 1.14 bits per heavy atom. The van der Waals surface area contributed by atoms with Crippen molar-refractivity contribution in [2.24, 2.45) is 0 Å². The number of fused-ring (bicyclic) bond motifs is 1. The zero-order chi connectivity index (χ0) is 15.5. The first-order chi connectivity index (χ1) is 10.1. The molecule has 1 N–H and O–H groups in total. The Balaban J connectivity index is 2.43. The average Bonchev–Trinajstić information content (AvgIpc) is 2.53. The minimum atomic E-state index is -0.657. The predicted octanol–water partition coefficient (Wildman–Crippen LogP) is 4.34. The fourth-order valence-corrected chi connectivity index (χ4v) is 2.95. The van der Waals surface area contributed by atoms with Crippen LogP contribution in [0.2, 0.25) is 0 Å². The number of nitrogens with one attached hydrogen (secondary N) is 1. The van der Waals surface area contributed by atoms with E-state index in [1.54, 1.807) is 24.3 Å². The third kappa shape index (κ3) is 3.14. The van der Waals surface area contributed by atoms with Gasteiger partial charge >= 0.3 is 0 Å². The molecule has 2 aromatic rings. The molecule has 21 heavy (non-hydrogen) atoms. The molecule has 0 unspecified atom stereocenters. The first-order valence-corrected chi connectivity index (χ1v) is 7.75. The smallest absolute Gasteiger partial charge is 0.252 e. The molecule has 0 aliphatic carbocycles. The van der Waals surface area contributed by atoms with Crippen LogP contribution < -0.4 is 5.32 Å². The van der Waals surface area contributed by atoms with Gasteiger partial charge in [-0.15, -0.1) is 23.2 Å². The number of halogens is 3. The van der Waals surface area contributed by atoms with Gasteiger partial charge in [-0.1, -0.05) is 31.2 Å². The van der Waals surface area contributed by atoms with Crippen molar-refractivity contribution in [3.05, 3.63) is 47.8 Å². The van der Waals surface area contributed by atoms with E-state index < -0.39 is 5.54 Å². The summed E-state index contributed by atoms with van der Waals surface area (Å²) in [5, 5.41) is 3.88. The van der Waals surface area contributed by atoms with E-state index in [1.165, 1.54) is 12.1 Å². The van der Waals surface area contributed by atoms with Crippen molar-refractivity contribution < 1.29 is 9.18 Å². The SMILES string of the molecule is CCC(CCl)(CCl)NC(=O)c1ccc(F)c2ccccc12. The molecule has 0 atom stereocenters. The average molecular weight is 328 g/mol. The highest BCUT2D eigenvalue weighted by atomic mass is 35.5. The van der Waals surface area contributed by atoms with E-state index in [4.69, 9.17) is 23.2 Å². The quantitative estimate of drug-likeness (QED) is 0.813. The van der Waals surface area contributed by atoms with Crippen LogP contribution in [0.4, 0.5) is 4.39 Å². The Hall–Kier alpha value is -1.32. The first-order valence-electron chi connectivity index (χ1n) is 6.68. The van der Waals surface area contributed by atoms with Gasteiger partial charge in [0.15, 0.2) is 0 Å². The van der Waals surface area contributed by atoms with Crippen LogP contribution in [0.3, 0.4) is 0 Å². The van der Waals surface area contributed by atoms with E-state index in [0.717, 1.165) is 0 Å². The molecule has 2 nitrogen and oxygen atoms in total. The largest absolute Gasteiger partial charge is 0.344 e. The van der Waals surface area contributed by atoms with Gasteiger partial charge < -0.3 is 5.32 Å².